The average Bonchev–Trinajstić information content (AvgIpc) is 3.67. The fourth-order valence-corrected chi connectivity index (χ4v) is 4.26. The molecule has 0 bridgehead atoms. The maximum Gasteiger partial charge on any atom is 0.338 e. The van der Waals surface area contributed by atoms with Gasteiger partial charge in [0.05, 0.1) is 18.8 Å². The predicted octanol–water partition coefficient (Wildman–Crippen LogP) is 5.92. The molecule has 0 saturated heterocycles. The fraction of sp³-hybridized carbons (Fsp3) is 0.407. The van der Waals surface area contributed by atoms with Gasteiger partial charge in [-0.3, -0.25) is 0 Å². The first-order chi connectivity index (χ1) is 15.1. The molecule has 0 heterocycles. The summed E-state index contributed by atoms with van der Waals surface area (Å²) in [5.74, 6) is 0.896. The normalized spacial score (nSPS) is 20.6. The van der Waals surface area contributed by atoms with Crippen LogP contribution < -0.4 is 0 Å². The summed E-state index contributed by atoms with van der Waals surface area (Å²) in [6.45, 7) is 4.31. The molecule has 4 nitrogen and oxygen atoms in total. The van der Waals surface area contributed by atoms with E-state index in [0.29, 0.717) is 30.6 Å². The molecule has 2 aliphatic rings. The van der Waals surface area contributed by atoms with Crippen LogP contribution in [-0.4, -0.2) is 25.2 Å². The molecule has 2 fully saturated rings. The van der Waals surface area contributed by atoms with E-state index in [0.717, 1.165) is 37.2 Å². The highest BCUT2D eigenvalue weighted by atomic mass is 16.5. The molecule has 162 valence electrons. The van der Waals surface area contributed by atoms with Crippen molar-refractivity contribution in [3.05, 3.63) is 72.3 Å². The first-order valence-electron chi connectivity index (χ1n) is 11.3. The van der Waals surface area contributed by atoms with Crippen molar-refractivity contribution < 1.29 is 19.1 Å². The lowest BCUT2D eigenvalue weighted by molar-refractivity contribution is -0.139. The highest BCUT2D eigenvalue weighted by Crippen LogP contribution is 2.40. The smallest absolute Gasteiger partial charge is 0.338 e. The van der Waals surface area contributed by atoms with E-state index in [2.05, 4.69) is 30.8 Å². The van der Waals surface area contributed by atoms with Crippen molar-refractivity contribution in [3.63, 3.8) is 0 Å². The predicted molar refractivity (Wildman–Crippen MR) is 121 cm³/mol. The summed E-state index contributed by atoms with van der Waals surface area (Å²) in [7, 11) is 0. The Hall–Kier alpha value is -2.88. The summed E-state index contributed by atoms with van der Waals surface area (Å²) in [6, 6.07) is 16.4. The van der Waals surface area contributed by atoms with Gasteiger partial charge >= 0.3 is 11.9 Å². The van der Waals surface area contributed by atoms with Gasteiger partial charge in [0.15, 0.2) is 0 Å². The lowest BCUT2D eigenvalue weighted by Gasteiger charge is -2.27. The molecule has 0 aromatic heterocycles. The van der Waals surface area contributed by atoms with Gasteiger partial charge < -0.3 is 9.47 Å². The van der Waals surface area contributed by atoms with Crippen LogP contribution in [0.2, 0.25) is 0 Å². The molecule has 2 saturated carbocycles. The van der Waals surface area contributed by atoms with Gasteiger partial charge in [-0.2, -0.15) is 0 Å². The Morgan fingerprint density at radius 3 is 1.81 bits per heavy atom. The van der Waals surface area contributed by atoms with Crippen LogP contribution in [0.1, 0.15) is 60.4 Å². The summed E-state index contributed by atoms with van der Waals surface area (Å²) >= 11 is 0. The highest BCUT2D eigenvalue weighted by molar-refractivity contribution is 5.90. The molecule has 2 aromatic carbocycles. The van der Waals surface area contributed by atoms with Crippen LogP contribution in [-0.2, 0) is 14.3 Å². The van der Waals surface area contributed by atoms with Crippen LogP contribution in [0, 0.1) is 11.8 Å². The largest absolute Gasteiger partial charge is 0.462 e. The molecule has 0 spiro atoms. The number of esters is 2. The minimum absolute atomic E-state index is 0.266. The minimum atomic E-state index is -0.364. The van der Waals surface area contributed by atoms with Crippen molar-refractivity contribution in [2.75, 3.05) is 13.2 Å². The number of rotatable bonds is 8. The third-order valence-corrected chi connectivity index (χ3v) is 6.46. The van der Waals surface area contributed by atoms with Crippen molar-refractivity contribution in [3.8, 4) is 11.1 Å². The van der Waals surface area contributed by atoms with Crippen LogP contribution >= 0.6 is 0 Å². The highest BCUT2D eigenvalue weighted by Gasteiger charge is 2.24. The molecule has 31 heavy (non-hydrogen) atoms. The Balaban J connectivity index is 1.22. The summed E-state index contributed by atoms with van der Waals surface area (Å²) in [5.41, 5.74) is 4.29. The van der Waals surface area contributed by atoms with Crippen LogP contribution in [0.25, 0.3) is 11.1 Å². The monoisotopic (exact) mass is 418 g/mol. The van der Waals surface area contributed by atoms with Gasteiger partial charge in [-0.1, -0.05) is 43.0 Å². The van der Waals surface area contributed by atoms with E-state index in [1.54, 1.807) is 0 Å². The molecule has 0 unspecified atom stereocenters. The van der Waals surface area contributed by atoms with Gasteiger partial charge in [-0.15, -0.1) is 0 Å². The van der Waals surface area contributed by atoms with E-state index < -0.39 is 0 Å². The van der Waals surface area contributed by atoms with E-state index in [4.69, 9.17) is 9.47 Å². The van der Waals surface area contributed by atoms with Crippen molar-refractivity contribution in [2.24, 2.45) is 11.8 Å². The van der Waals surface area contributed by atoms with Gasteiger partial charge in [-0.05, 0) is 85.1 Å². The molecule has 0 radical (unpaired) electrons. The summed E-state index contributed by atoms with van der Waals surface area (Å²) in [6.07, 6.45) is 7.76. The summed E-state index contributed by atoms with van der Waals surface area (Å²) in [4.78, 5) is 23.6. The lowest BCUT2D eigenvalue weighted by Crippen LogP contribution is -2.23. The van der Waals surface area contributed by atoms with Gasteiger partial charge in [0.1, 0.15) is 0 Å². The molecular weight excluding hydrogens is 388 g/mol. The second kappa shape index (κ2) is 9.95. The molecule has 0 amide bonds. The topological polar surface area (TPSA) is 52.6 Å². The number of benzene rings is 2. The standard InChI is InChI=1S/C27H30O4/c1-2-26(28)30-17-19-3-5-20(6-4-19)18-31-27(29)25-15-13-24(14-16-25)23-11-9-22(10-12-23)21-7-8-21/h2,9-16,19-21H,1,3-8,17-18H2. The Labute approximate surface area is 184 Å². The zero-order valence-corrected chi connectivity index (χ0v) is 17.9. The second-order valence-corrected chi connectivity index (χ2v) is 8.79. The van der Waals surface area contributed by atoms with Crippen LogP contribution in [0.3, 0.4) is 0 Å². The van der Waals surface area contributed by atoms with E-state index in [1.165, 1.54) is 30.0 Å². The maximum absolute atomic E-state index is 12.4. The summed E-state index contributed by atoms with van der Waals surface area (Å²) in [5, 5.41) is 0. The molecule has 0 atom stereocenters. The summed E-state index contributed by atoms with van der Waals surface area (Å²) < 4.78 is 10.7. The van der Waals surface area contributed by atoms with E-state index >= 15 is 0 Å². The van der Waals surface area contributed by atoms with E-state index in [-0.39, 0.29) is 11.9 Å². The van der Waals surface area contributed by atoms with Gasteiger partial charge in [0.25, 0.3) is 0 Å². The number of ether oxygens (including phenoxy) is 2. The maximum atomic E-state index is 12.4. The molecule has 4 rings (SSSR count). The Morgan fingerprint density at radius 1 is 0.774 bits per heavy atom. The van der Waals surface area contributed by atoms with E-state index in [1.807, 2.05) is 24.3 Å². The van der Waals surface area contributed by atoms with E-state index in [9.17, 15) is 9.59 Å². The average molecular weight is 419 g/mol. The second-order valence-electron chi connectivity index (χ2n) is 8.79. The lowest BCUT2D eigenvalue weighted by atomic mass is 9.83. The van der Waals surface area contributed by atoms with Crippen molar-refractivity contribution >= 4 is 11.9 Å². The first kappa shape index (κ1) is 21.4. The molecule has 2 aromatic rings. The van der Waals surface area contributed by atoms with Crippen LogP contribution in [0.5, 0.6) is 0 Å². The van der Waals surface area contributed by atoms with Crippen molar-refractivity contribution in [1.82, 2.24) is 0 Å². The van der Waals surface area contributed by atoms with Gasteiger partial charge in [0.2, 0.25) is 0 Å². The van der Waals surface area contributed by atoms with Crippen molar-refractivity contribution in [1.29, 1.82) is 0 Å². The number of hydrogen-bond acceptors (Lipinski definition) is 4. The minimum Gasteiger partial charge on any atom is -0.462 e. The molecule has 0 aliphatic heterocycles. The Bertz CT molecular complexity index is 901. The number of carbonyl (C=O) groups is 2. The quantitative estimate of drug-likeness (QED) is 0.394. The van der Waals surface area contributed by atoms with Gasteiger partial charge in [-0.25, -0.2) is 9.59 Å². The van der Waals surface area contributed by atoms with Crippen LogP contribution in [0.4, 0.5) is 0 Å². The Morgan fingerprint density at radius 2 is 1.29 bits per heavy atom. The Kier molecular flexibility index (Phi) is 6.86. The van der Waals surface area contributed by atoms with Gasteiger partial charge in [0, 0.05) is 6.08 Å². The number of hydrogen-bond donors (Lipinski definition) is 0. The molecular formula is C27H30O4. The molecule has 2 aliphatic carbocycles. The fourth-order valence-electron chi connectivity index (χ4n) is 4.26. The van der Waals surface area contributed by atoms with Crippen molar-refractivity contribution in [2.45, 2.75) is 44.4 Å². The number of carbonyl (C=O) groups excluding carboxylic acids is 2. The first-order valence-corrected chi connectivity index (χ1v) is 11.3. The van der Waals surface area contributed by atoms with Crippen LogP contribution in [0.15, 0.2) is 61.2 Å². The molecule has 4 heteroatoms. The third kappa shape index (κ3) is 5.84. The zero-order valence-electron chi connectivity index (χ0n) is 17.9. The SMILES string of the molecule is C=CC(=O)OCC1CCC(COC(=O)c2ccc(-c3ccc(C4CC4)cc3)cc2)CC1. The third-order valence-electron chi connectivity index (χ3n) is 6.46. The zero-order chi connectivity index (χ0) is 21.6. The molecule has 0 N–H and O–H groups in total.